The van der Waals surface area contributed by atoms with E-state index >= 15 is 0 Å². The summed E-state index contributed by atoms with van der Waals surface area (Å²) in [5.74, 6) is -2.30. The van der Waals surface area contributed by atoms with E-state index in [2.05, 4.69) is 17.1 Å². The van der Waals surface area contributed by atoms with E-state index in [4.69, 9.17) is 4.74 Å². The second-order valence-electron chi connectivity index (χ2n) is 9.18. The maximum absolute atomic E-state index is 14.3. The highest BCUT2D eigenvalue weighted by Gasteiger charge is 2.48. The van der Waals surface area contributed by atoms with E-state index in [0.717, 1.165) is 29.1 Å². The fourth-order valence-corrected chi connectivity index (χ4v) is 6.19. The molecule has 11 heteroatoms. The molecule has 0 bridgehead atoms. The third-order valence-electron chi connectivity index (χ3n) is 6.41. The highest BCUT2D eigenvalue weighted by Crippen LogP contribution is 2.44. The molecule has 0 saturated carbocycles. The number of ketones is 1. The Balaban J connectivity index is 1.49. The number of anilines is 1. The number of benzene rings is 3. The maximum Gasteiger partial charge on any atom is 0.301 e. The van der Waals surface area contributed by atoms with Crippen molar-refractivity contribution in [2.75, 3.05) is 11.5 Å². The van der Waals surface area contributed by atoms with Crippen LogP contribution in [0.4, 0.5) is 13.9 Å². The van der Waals surface area contributed by atoms with Crippen molar-refractivity contribution >= 4 is 45.7 Å². The highest BCUT2D eigenvalue weighted by atomic mass is 32.2. The number of halogens is 2. The lowest BCUT2D eigenvalue weighted by Crippen LogP contribution is -2.29. The van der Waals surface area contributed by atoms with E-state index in [1.165, 1.54) is 36.0 Å². The maximum atomic E-state index is 14.3. The number of thioether (sulfide) groups is 1. The minimum absolute atomic E-state index is 0.0936. The quantitative estimate of drug-likeness (QED) is 0.0533. The Morgan fingerprint density at radius 2 is 1.83 bits per heavy atom. The fraction of sp³-hybridized carbons (Fsp3) is 0.200. The van der Waals surface area contributed by atoms with Crippen LogP contribution in [0.15, 0.2) is 82.7 Å². The summed E-state index contributed by atoms with van der Waals surface area (Å²) in [4.78, 5) is 27.8. The third-order valence-corrected chi connectivity index (χ3v) is 8.52. The fourth-order valence-electron chi connectivity index (χ4n) is 4.33. The lowest BCUT2D eigenvalue weighted by molar-refractivity contribution is -0.132. The van der Waals surface area contributed by atoms with Crippen LogP contribution in [0.2, 0.25) is 0 Å². The first-order chi connectivity index (χ1) is 19.9. The number of nitrogens with zero attached hydrogens (tertiary/aromatic N) is 3. The number of ether oxygens (including phenoxy) is 1. The molecule has 3 aromatic carbocycles. The summed E-state index contributed by atoms with van der Waals surface area (Å²) in [7, 11) is 0. The Morgan fingerprint density at radius 3 is 2.56 bits per heavy atom. The van der Waals surface area contributed by atoms with E-state index < -0.39 is 29.3 Å². The van der Waals surface area contributed by atoms with Crippen LogP contribution in [0.25, 0.3) is 5.76 Å². The van der Waals surface area contributed by atoms with Crippen LogP contribution >= 0.6 is 23.1 Å². The van der Waals surface area contributed by atoms with Crippen molar-refractivity contribution in [3.63, 3.8) is 0 Å². The van der Waals surface area contributed by atoms with Crippen molar-refractivity contribution in [3.8, 4) is 5.75 Å². The molecule has 0 aliphatic carbocycles. The van der Waals surface area contributed by atoms with Crippen LogP contribution < -0.4 is 9.64 Å². The summed E-state index contributed by atoms with van der Waals surface area (Å²) in [6.07, 6.45) is 1.88. The molecule has 1 fully saturated rings. The van der Waals surface area contributed by atoms with E-state index in [-0.39, 0.29) is 27.8 Å². The molecule has 1 amide bonds. The first kappa shape index (κ1) is 28.4. The van der Waals surface area contributed by atoms with Crippen molar-refractivity contribution in [1.82, 2.24) is 10.2 Å². The zero-order valence-corrected chi connectivity index (χ0v) is 23.6. The Labute approximate surface area is 243 Å². The highest BCUT2D eigenvalue weighted by molar-refractivity contribution is 8.00. The molecule has 1 atom stereocenters. The van der Waals surface area contributed by atoms with Crippen LogP contribution in [0.1, 0.15) is 42.5 Å². The van der Waals surface area contributed by atoms with E-state index in [1.807, 2.05) is 0 Å². The Bertz CT molecular complexity index is 1610. The average Bonchev–Trinajstić information content (AvgIpc) is 3.54. The summed E-state index contributed by atoms with van der Waals surface area (Å²) >= 11 is 2.27. The summed E-state index contributed by atoms with van der Waals surface area (Å²) in [5.41, 5.74) is 0.860. The topological polar surface area (TPSA) is 92.6 Å². The molecule has 41 heavy (non-hydrogen) atoms. The number of unbranched alkanes of at least 4 members (excludes halogenated alkanes) is 1. The second-order valence-corrected chi connectivity index (χ2v) is 11.4. The van der Waals surface area contributed by atoms with Crippen LogP contribution in [-0.4, -0.2) is 33.6 Å². The van der Waals surface area contributed by atoms with Gasteiger partial charge in [0.15, 0.2) is 4.34 Å². The predicted molar refractivity (Wildman–Crippen MR) is 154 cm³/mol. The standard InChI is InChI=1S/C30H25F2N3O4S2/c1-2-3-15-39-22-13-11-18(12-14-22)26(36)24-25(19-8-6-9-21(31)16-19)35(28(38)27(24)37)29-33-34-30(41-29)40-17-20-7-4-5-10-23(20)32/h4-14,16,25,36H,2-3,15,17H2,1H3/t25-/m0/s1. The molecule has 210 valence electrons. The second kappa shape index (κ2) is 12.6. The van der Waals surface area contributed by atoms with Gasteiger partial charge in [0.05, 0.1) is 18.2 Å². The van der Waals surface area contributed by atoms with Gasteiger partial charge in [-0.2, -0.15) is 0 Å². The van der Waals surface area contributed by atoms with E-state index in [9.17, 15) is 23.5 Å². The zero-order valence-electron chi connectivity index (χ0n) is 21.9. The Kier molecular flexibility index (Phi) is 8.75. The van der Waals surface area contributed by atoms with Crippen molar-refractivity contribution in [2.45, 2.75) is 35.9 Å². The van der Waals surface area contributed by atoms with Gasteiger partial charge >= 0.3 is 5.91 Å². The van der Waals surface area contributed by atoms with Crippen LogP contribution in [0.5, 0.6) is 5.75 Å². The lowest BCUT2D eigenvalue weighted by atomic mass is 9.95. The predicted octanol–water partition coefficient (Wildman–Crippen LogP) is 6.91. The molecule has 1 saturated heterocycles. The van der Waals surface area contributed by atoms with Crippen LogP contribution in [-0.2, 0) is 15.3 Å². The van der Waals surface area contributed by atoms with Gasteiger partial charge in [0.2, 0.25) is 5.13 Å². The number of carbonyl (C=O) groups is 2. The largest absolute Gasteiger partial charge is 0.507 e. The molecular formula is C30H25F2N3O4S2. The molecule has 7 nitrogen and oxygen atoms in total. The molecule has 0 spiro atoms. The van der Waals surface area contributed by atoms with Gasteiger partial charge in [0.25, 0.3) is 5.78 Å². The Hall–Kier alpha value is -4.09. The normalized spacial score (nSPS) is 16.4. The molecule has 1 aromatic heterocycles. The Morgan fingerprint density at radius 1 is 1.05 bits per heavy atom. The molecule has 0 unspecified atom stereocenters. The van der Waals surface area contributed by atoms with Crippen molar-refractivity contribution in [1.29, 1.82) is 0 Å². The number of hydrogen-bond acceptors (Lipinski definition) is 8. The minimum Gasteiger partial charge on any atom is -0.507 e. The molecule has 2 heterocycles. The van der Waals surface area contributed by atoms with Crippen molar-refractivity contribution in [3.05, 3.63) is 107 Å². The molecule has 4 aromatic rings. The number of carbonyl (C=O) groups excluding carboxylic acids is 2. The van der Waals surface area contributed by atoms with Crippen molar-refractivity contribution in [2.24, 2.45) is 0 Å². The number of amides is 1. The van der Waals surface area contributed by atoms with E-state index in [0.29, 0.717) is 27.8 Å². The number of rotatable bonds is 10. The number of hydrogen-bond donors (Lipinski definition) is 1. The first-order valence-corrected chi connectivity index (χ1v) is 14.7. The van der Waals surface area contributed by atoms with Gasteiger partial charge in [-0.1, -0.05) is 66.8 Å². The number of aliphatic hydroxyl groups is 1. The van der Waals surface area contributed by atoms with Gasteiger partial charge in [-0.3, -0.25) is 14.5 Å². The third kappa shape index (κ3) is 6.15. The van der Waals surface area contributed by atoms with Gasteiger partial charge < -0.3 is 9.84 Å². The average molecular weight is 594 g/mol. The molecule has 5 rings (SSSR count). The molecule has 1 aliphatic heterocycles. The number of Topliss-reactive ketones (excluding diaryl/α,β-unsaturated/α-hetero) is 1. The summed E-state index contributed by atoms with van der Waals surface area (Å²) in [6, 6.07) is 17.2. The molecule has 0 radical (unpaired) electrons. The monoisotopic (exact) mass is 593 g/mol. The molecule has 1 N–H and O–H groups in total. The van der Waals surface area contributed by atoms with Gasteiger partial charge in [0.1, 0.15) is 23.1 Å². The number of aliphatic hydroxyl groups excluding tert-OH is 1. The zero-order chi connectivity index (χ0) is 28.9. The van der Waals surface area contributed by atoms with Crippen molar-refractivity contribution < 1.29 is 28.2 Å². The summed E-state index contributed by atoms with van der Waals surface area (Å²) < 4.78 is 34.5. The van der Waals surface area contributed by atoms with Crippen LogP contribution in [0, 0.1) is 11.6 Å². The molecular weight excluding hydrogens is 568 g/mol. The number of aromatic nitrogens is 2. The van der Waals surface area contributed by atoms with Crippen LogP contribution in [0.3, 0.4) is 0 Å². The smallest absolute Gasteiger partial charge is 0.301 e. The summed E-state index contributed by atoms with van der Waals surface area (Å²) in [6.45, 7) is 2.61. The molecule has 1 aliphatic rings. The van der Waals surface area contributed by atoms with Gasteiger partial charge in [-0.05, 0) is 60.0 Å². The van der Waals surface area contributed by atoms with Gasteiger partial charge in [-0.25, -0.2) is 8.78 Å². The van der Waals surface area contributed by atoms with E-state index in [1.54, 1.807) is 48.5 Å². The van der Waals surface area contributed by atoms with Gasteiger partial charge in [0, 0.05) is 11.3 Å². The van der Waals surface area contributed by atoms with Gasteiger partial charge in [-0.15, -0.1) is 10.2 Å². The lowest BCUT2D eigenvalue weighted by Gasteiger charge is -2.22. The minimum atomic E-state index is -1.15. The summed E-state index contributed by atoms with van der Waals surface area (Å²) in [5, 5.41) is 19.6. The SMILES string of the molecule is CCCCOc1ccc(C(O)=C2C(=O)C(=O)N(c3nnc(SCc4ccccc4F)s3)[C@H]2c2cccc(F)c2)cc1. The first-order valence-electron chi connectivity index (χ1n) is 12.9.